The second kappa shape index (κ2) is 17.1. The van der Waals surface area contributed by atoms with Crippen LogP contribution in [0.15, 0.2) is 24.3 Å². The zero-order valence-electron chi connectivity index (χ0n) is 21.3. The molecule has 9 nitrogen and oxygen atoms in total. The number of fused-ring (bicyclic) bond motifs is 1. The molecule has 1 aliphatic heterocycles. The third-order valence-corrected chi connectivity index (χ3v) is 6.11. The average molecular weight is 494 g/mol. The van der Waals surface area contributed by atoms with Crippen molar-refractivity contribution in [2.75, 3.05) is 59.3 Å². The first-order valence-electron chi connectivity index (χ1n) is 12.8. The highest BCUT2D eigenvalue weighted by Crippen LogP contribution is 2.26. The third kappa shape index (κ3) is 11.3. The molecule has 2 amide bonds. The number of amides is 2. The van der Waals surface area contributed by atoms with Crippen LogP contribution in [-0.4, -0.2) is 82.0 Å². The van der Waals surface area contributed by atoms with Crippen LogP contribution in [0.25, 0.3) is 0 Å². The molecular formula is C26H43N3O6. The number of benzene rings is 1. The molecule has 0 fully saturated rings. The average Bonchev–Trinajstić information content (AvgIpc) is 2.88. The highest BCUT2D eigenvalue weighted by atomic mass is 16.6. The molecule has 1 aliphatic rings. The van der Waals surface area contributed by atoms with Crippen molar-refractivity contribution >= 4 is 11.8 Å². The van der Waals surface area contributed by atoms with Gasteiger partial charge in [-0.1, -0.05) is 38.8 Å². The fourth-order valence-corrected chi connectivity index (χ4v) is 3.60. The van der Waals surface area contributed by atoms with Crippen LogP contribution in [0.4, 0.5) is 0 Å². The van der Waals surface area contributed by atoms with Crippen LogP contribution >= 0.6 is 0 Å². The predicted molar refractivity (Wildman–Crippen MR) is 135 cm³/mol. The van der Waals surface area contributed by atoms with Gasteiger partial charge in [-0.3, -0.25) is 9.59 Å². The minimum atomic E-state index is -0.466. The van der Waals surface area contributed by atoms with E-state index in [-0.39, 0.29) is 17.7 Å². The van der Waals surface area contributed by atoms with Crippen LogP contribution in [0.3, 0.4) is 0 Å². The van der Waals surface area contributed by atoms with Gasteiger partial charge in [-0.15, -0.1) is 0 Å². The van der Waals surface area contributed by atoms with E-state index in [0.29, 0.717) is 77.2 Å². The van der Waals surface area contributed by atoms with Crippen LogP contribution in [0.1, 0.15) is 46.0 Å². The Morgan fingerprint density at radius 1 is 0.943 bits per heavy atom. The van der Waals surface area contributed by atoms with Gasteiger partial charge in [0.1, 0.15) is 13.2 Å². The SMILES string of the molecule is CC[C@H](C)[C@@H](N)C(=O)NCCCCCC(=O)N1CCOCCOc2ccccc2OCCOCC1. The van der Waals surface area contributed by atoms with Gasteiger partial charge in [0.15, 0.2) is 11.5 Å². The van der Waals surface area contributed by atoms with Gasteiger partial charge in [0.2, 0.25) is 11.8 Å². The van der Waals surface area contributed by atoms with Crippen molar-refractivity contribution in [1.82, 2.24) is 10.2 Å². The number of rotatable bonds is 9. The van der Waals surface area contributed by atoms with Crippen LogP contribution in [0, 0.1) is 5.92 Å². The van der Waals surface area contributed by atoms with E-state index >= 15 is 0 Å². The summed E-state index contributed by atoms with van der Waals surface area (Å²) in [4.78, 5) is 26.6. The van der Waals surface area contributed by atoms with Gasteiger partial charge in [0.25, 0.3) is 0 Å². The second-order valence-electron chi connectivity index (χ2n) is 8.76. The number of para-hydroxylation sites is 2. The highest BCUT2D eigenvalue weighted by molar-refractivity contribution is 5.81. The molecule has 1 aromatic rings. The molecular weight excluding hydrogens is 450 g/mol. The lowest BCUT2D eigenvalue weighted by molar-refractivity contribution is -0.133. The van der Waals surface area contributed by atoms with E-state index < -0.39 is 6.04 Å². The molecule has 3 N–H and O–H groups in total. The van der Waals surface area contributed by atoms with E-state index in [1.807, 2.05) is 38.1 Å². The number of hydrogen-bond donors (Lipinski definition) is 2. The van der Waals surface area contributed by atoms with E-state index in [9.17, 15) is 9.59 Å². The topological polar surface area (TPSA) is 112 Å². The molecule has 0 aliphatic carbocycles. The summed E-state index contributed by atoms with van der Waals surface area (Å²) >= 11 is 0. The van der Waals surface area contributed by atoms with Gasteiger partial charge in [0, 0.05) is 26.1 Å². The fourth-order valence-electron chi connectivity index (χ4n) is 3.60. The molecule has 0 aromatic heterocycles. The summed E-state index contributed by atoms with van der Waals surface area (Å²) in [6.45, 7) is 8.16. The Kier molecular flexibility index (Phi) is 14.1. The zero-order chi connectivity index (χ0) is 25.3. The number of ether oxygens (including phenoxy) is 4. The number of hydrogen-bond acceptors (Lipinski definition) is 7. The van der Waals surface area contributed by atoms with Crippen LogP contribution in [0.5, 0.6) is 11.5 Å². The predicted octanol–water partition coefficient (Wildman–Crippen LogP) is 2.37. The molecule has 0 saturated carbocycles. The summed E-state index contributed by atoms with van der Waals surface area (Å²) in [6, 6.07) is 7.06. The van der Waals surface area contributed by atoms with Gasteiger partial charge in [-0.2, -0.15) is 0 Å². The highest BCUT2D eigenvalue weighted by Gasteiger charge is 2.18. The summed E-state index contributed by atoms with van der Waals surface area (Å²) in [7, 11) is 0. The molecule has 0 spiro atoms. The minimum Gasteiger partial charge on any atom is -0.487 e. The molecule has 1 heterocycles. The Bertz CT molecular complexity index is 713. The van der Waals surface area contributed by atoms with E-state index in [4.69, 9.17) is 24.7 Å². The number of unbranched alkanes of at least 4 members (excludes halogenated alkanes) is 2. The van der Waals surface area contributed by atoms with Crippen molar-refractivity contribution in [3.63, 3.8) is 0 Å². The number of carbonyl (C=O) groups excluding carboxylic acids is 2. The largest absolute Gasteiger partial charge is 0.487 e. The van der Waals surface area contributed by atoms with Crippen molar-refractivity contribution in [3.8, 4) is 11.5 Å². The van der Waals surface area contributed by atoms with Crippen molar-refractivity contribution < 1.29 is 28.5 Å². The van der Waals surface area contributed by atoms with E-state index in [1.54, 1.807) is 4.90 Å². The van der Waals surface area contributed by atoms with Crippen molar-refractivity contribution in [2.24, 2.45) is 11.7 Å². The van der Waals surface area contributed by atoms with E-state index in [0.717, 1.165) is 25.7 Å². The van der Waals surface area contributed by atoms with E-state index in [2.05, 4.69) is 5.32 Å². The van der Waals surface area contributed by atoms with Crippen molar-refractivity contribution in [3.05, 3.63) is 24.3 Å². The molecule has 0 saturated heterocycles. The molecule has 198 valence electrons. The normalized spacial score (nSPS) is 17.5. The summed E-state index contributed by atoms with van der Waals surface area (Å²) in [5.74, 6) is 1.51. The Hall–Kier alpha value is -2.36. The first-order valence-corrected chi connectivity index (χ1v) is 12.8. The second-order valence-corrected chi connectivity index (χ2v) is 8.76. The Balaban J connectivity index is 1.68. The smallest absolute Gasteiger partial charge is 0.237 e. The first kappa shape index (κ1) is 28.9. The standard InChI is InChI=1S/C26H43N3O6/c1-3-21(2)25(27)26(31)28-12-8-4-5-11-24(30)29-13-15-32-17-19-34-22-9-6-7-10-23(22)35-20-18-33-16-14-29/h6-7,9-10,21,25H,3-5,8,11-20,27H2,1-2H3,(H,28,31)/t21-,25+/m0/s1. The number of nitrogens with one attached hydrogen (secondary N) is 1. The van der Waals surface area contributed by atoms with Crippen molar-refractivity contribution in [1.29, 1.82) is 0 Å². The lowest BCUT2D eigenvalue weighted by Crippen LogP contribution is -2.44. The molecule has 2 atom stereocenters. The Morgan fingerprint density at radius 3 is 2.11 bits per heavy atom. The maximum atomic E-state index is 12.8. The lowest BCUT2D eigenvalue weighted by atomic mass is 9.99. The summed E-state index contributed by atoms with van der Waals surface area (Å²) in [6.07, 6.45) is 3.78. The zero-order valence-corrected chi connectivity index (χ0v) is 21.3. The maximum Gasteiger partial charge on any atom is 0.237 e. The monoisotopic (exact) mass is 493 g/mol. The quantitative estimate of drug-likeness (QED) is 0.508. The minimum absolute atomic E-state index is 0.0873. The number of nitrogens with zero attached hydrogens (tertiary/aromatic N) is 1. The van der Waals surface area contributed by atoms with Gasteiger partial charge in [0.05, 0.1) is 32.5 Å². The first-order chi connectivity index (χ1) is 17.0. The fraction of sp³-hybridized carbons (Fsp3) is 0.692. The number of nitrogens with two attached hydrogens (primary N) is 1. The van der Waals surface area contributed by atoms with Gasteiger partial charge < -0.3 is 34.9 Å². The molecule has 9 heteroatoms. The molecule has 0 bridgehead atoms. The van der Waals surface area contributed by atoms with Crippen LogP contribution in [-0.2, 0) is 19.1 Å². The molecule has 35 heavy (non-hydrogen) atoms. The number of carbonyl (C=O) groups is 2. The molecule has 0 unspecified atom stereocenters. The van der Waals surface area contributed by atoms with Crippen LogP contribution < -0.4 is 20.5 Å². The van der Waals surface area contributed by atoms with Crippen LogP contribution in [0.2, 0.25) is 0 Å². The molecule has 1 aromatic carbocycles. The van der Waals surface area contributed by atoms with Crippen molar-refractivity contribution in [2.45, 2.75) is 52.0 Å². The maximum absolute atomic E-state index is 12.8. The van der Waals surface area contributed by atoms with Gasteiger partial charge >= 0.3 is 0 Å². The molecule has 0 radical (unpaired) electrons. The Labute approximate surface area is 209 Å². The van der Waals surface area contributed by atoms with Gasteiger partial charge in [-0.25, -0.2) is 0 Å². The summed E-state index contributed by atoms with van der Waals surface area (Å²) in [5, 5.41) is 2.90. The third-order valence-electron chi connectivity index (χ3n) is 6.11. The van der Waals surface area contributed by atoms with Gasteiger partial charge in [-0.05, 0) is 30.9 Å². The Morgan fingerprint density at radius 2 is 1.54 bits per heavy atom. The summed E-state index contributed by atoms with van der Waals surface area (Å²) < 4.78 is 22.9. The van der Waals surface area contributed by atoms with E-state index in [1.165, 1.54) is 0 Å². The summed E-state index contributed by atoms with van der Waals surface area (Å²) in [5.41, 5.74) is 5.95. The molecule has 2 rings (SSSR count). The lowest BCUT2D eigenvalue weighted by Gasteiger charge is -2.23.